The third-order valence-electron chi connectivity index (χ3n) is 3.54. The highest BCUT2D eigenvalue weighted by molar-refractivity contribution is 7.89. The molecular weight excluding hydrogens is 305 g/mol. The summed E-state index contributed by atoms with van der Waals surface area (Å²) in [5, 5.41) is 9.63. The van der Waals surface area contributed by atoms with Gasteiger partial charge in [0.2, 0.25) is 10.0 Å². The van der Waals surface area contributed by atoms with E-state index in [1.165, 1.54) is 10.4 Å². The van der Waals surface area contributed by atoms with Crippen molar-refractivity contribution in [3.63, 3.8) is 0 Å². The highest BCUT2D eigenvalue weighted by Gasteiger charge is 2.36. The van der Waals surface area contributed by atoms with Gasteiger partial charge >= 0.3 is 0 Å². The summed E-state index contributed by atoms with van der Waals surface area (Å²) in [5.41, 5.74) is 0. The fourth-order valence-electron chi connectivity index (χ4n) is 2.52. The lowest BCUT2D eigenvalue weighted by Gasteiger charge is -2.36. The molecule has 1 aromatic rings. The Balaban J connectivity index is 2.42. The van der Waals surface area contributed by atoms with Crippen molar-refractivity contribution in [3.05, 3.63) is 29.0 Å². The number of aliphatic hydroxyl groups is 1. The summed E-state index contributed by atoms with van der Waals surface area (Å²) in [5.74, 6) is -0.584. The summed E-state index contributed by atoms with van der Waals surface area (Å²) in [7, 11) is -3.83. The highest BCUT2D eigenvalue weighted by Crippen LogP contribution is 2.31. The van der Waals surface area contributed by atoms with E-state index in [9.17, 15) is 17.9 Å². The zero-order valence-electron chi connectivity index (χ0n) is 11.1. The van der Waals surface area contributed by atoms with Crippen molar-refractivity contribution >= 4 is 21.6 Å². The molecule has 1 fully saturated rings. The molecule has 0 bridgehead atoms. The van der Waals surface area contributed by atoms with Crippen LogP contribution in [0.25, 0.3) is 0 Å². The van der Waals surface area contributed by atoms with E-state index in [1.807, 2.05) is 0 Å². The normalized spacial score (nSPS) is 22.7. The number of hydrogen-bond acceptors (Lipinski definition) is 3. The fraction of sp³-hybridized carbons (Fsp3) is 0.538. The first-order chi connectivity index (χ1) is 9.34. The van der Waals surface area contributed by atoms with E-state index in [1.54, 1.807) is 6.92 Å². The van der Waals surface area contributed by atoms with Gasteiger partial charge in [0.15, 0.2) is 0 Å². The molecule has 0 radical (unpaired) electrons. The Morgan fingerprint density at radius 1 is 1.45 bits per heavy atom. The average Bonchev–Trinajstić information content (AvgIpc) is 2.38. The number of aliphatic hydroxyl groups excluding tert-OH is 1. The van der Waals surface area contributed by atoms with Crippen molar-refractivity contribution < 1.29 is 17.9 Å². The monoisotopic (exact) mass is 321 g/mol. The molecule has 1 aliphatic heterocycles. The molecule has 1 aromatic carbocycles. The Kier molecular flexibility index (Phi) is 4.69. The molecule has 0 saturated carbocycles. The minimum atomic E-state index is -3.83. The number of halogens is 2. The van der Waals surface area contributed by atoms with E-state index >= 15 is 0 Å². The number of nitrogens with zero attached hydrogens (tertiary/aromatic N) is 1. The molecule has 1 heterocycles. The van der Waals surface area contributed by atoms with E-state index in [2.05, 4.69) is 0 Å². The summed E-state index contributed by atoms with van der Waals surface area (Å²) >= 11 is 5.85. The number of piperidine rings is 1. The van der Waals surface area contributed by atoms with Gasteiger partial charge in [-0.25, -0.2) is 12.8 Å². The molecule has 7 heteroatoms. The zero-order chi connectivity index (χ0) is 14.9. The Morgan fingerprint density at radius 3 is 2.75 bits per heavy atom. The first-order valence-electron chi connectivity index (χ1n) is 6.49. The molecule has 112 valence electrons. The maximum absolute atomic E-state index is 13.0. The van der Waals surface area contributed by atoms with E-state index in [0.29, 0.717) is 13.0 Å². The van der Waals surface area contributed by atoms with Crippen molar-refractivity contribution in [2.45, 2.75) is 43.2 Å². The second-order valence-electron chi connectivity index (χ2n) is 4.99. The van der Waals surface area contributed by atoms with Crippen molar-refractivity contribution in [2.75, 3.05) is 6.54 Å². The second-order valence-corrected chi connectivity index (χ2v) is 7.26. The molecule has 4 nitrogen and oxygen atoms in total. The topological polar surface area (TPSA) is 57.6 Å². The Bertz CT molecular complexity index is 591. The molecule has 0 aliphatic carbocycles. The van der Waals surface area contributed by atoms with Crippen LogP contribution >= 0.6 is 11.6 Å². The number of sulfonamides is 1. The molecule has 1 N–H and O–H groups in total. The molecule has 1 saturated heterocycles. The van der Waals surface area contributed by atoms with Gasteiger partial charge in [-0.3, -0.25) is 0 Å². The van der Waals surface area contributed by atoms with Crippen LogP contribution in [0.1, 0.15) is 26.2 Å². The molecule has 20 heavy (non-hydrogen) atoms. The maximum atomic E-state index is 13.0. The van der Waals surface area contributed by atoms with Crippen LogP contribution < -0.4 is 0 Å². The van der Waals surface area contributed by atoms with Gasteiger partial charge in [0, 0.05) is 6.54 Å². The quantitative estimate of drug-likeness (QED) is 0.930. The van der Waals surface area contributed by atoms with Crippen LogP contribution in [0.4, 0.5) is 4.39 Å². The van der Waals surface area contributed by atoms with Crippen LogP contribution in [0, 0.1) is 5.82 Å². The maximum Gasteiger partial charge on any atom is 0.244 e. The summed E-state index contributed by atoms with van der Waals surface area (Å²) in [6.07, 6.45) is 1.46. The predicted molar refractivity (Wildman–Crippen MR) is 74.6 cm³/mol. The lowest BCUT2D eigenvalue weighted by molar-refractivity contribution is 0.0831. The molecule has 0 amide bonds. The van der Waals surface area contributed by atoms with Gasteiger partial charge in [0.1, 0.15) is 10.7 Å². The third-order valence-corrected chi connectivity index (χ3v) is 5.94. The van der Waals surface area contributed by atoms with Crippen LogP contribution in [0.5, 0.6) is 0 Å². The molecular formula is C13H17ClFNO3S. The smallest absolute Gasteiger partial charge is 0.244 e. The number of rotatable bonds is 3. The summed E-state index contributed by atoms with van der Waals surface area (Å²) in [4.78, 5) is -0.117. The number of benzene rings is 1. The summed E-state index contributed by atoms with van der Waals surface area (Å²) in [6.45, 7) is 1.91. The average molecular weight is 322 g/mol. The molecule has 2 unspecified atom stereocenters. The Morgan fingerprint density at radius 2 is 2.15 bits per heavy atom. The molecule has 1 aliphatic rings. The van der Waals surface area contributed by atoms with E-state index in [0.717, 1.165) is 25.0 Å². The minimum Gasteiger partial charge on any atom is -0.392 e. The predicted octanol–water partition coefficient (Wildman–Crippen LogP) is 2.40. The molecule has 2 rings (SSSR count). The molecule has 0 aromatic heterocycles. The second kappa shape index (κ2) is 5.97. The summed E-state index contributed by atoms with van der Waals surface area (Å²) in [6, 6.07) is 2.76. The van der Waals surface area contributed by atoms with E-state index in [4.69, 9.17) is 11.6 Å². The van der Waals surface area contributed by atoms with Gasteiger partial charge in [-0.1, -0.05) is 18.0 Å². The lowest BCUT2D eigenvalue weighted by Crippen LogP contribution is -2.48. The van der Waals surface area contributed by atoms with Gasteiger partial charge < -0.3 is 5.11 Å². The van der Waals surface area contributed by atoms with Crippen LogP contribution in [0.15, 0.2) is 23.1 Å². The van der Waals surface area contributed by atoms with Crippen molar-refractivity contribution in [3.8, 4) is 0 Å². The van der Waals surface area contributed by atoms with Crippen LogP contribution in [-0.2, 0) is 10.0 Å². The Labute approximate surface area is 123 Å². The zero-order valence-corrected chi connectivity index (χ0v) is 12.7. The third kappa shape index (κ3) is 2.98. The Hall–Kier alpha value is -0.690. The van der Waals surface area contributed by atoms with Gasteiger partial charge in [-0.05, 0) is 38.0 Å². The van der Waals surface area contributed by atoms with Crippen molar-refractivity contribution in [1.82, 2.24) is 4.31 Å². The van der Waals surface area contributed by atoms with Crippen molar-refractivity contribution in [2.24, 2.45) is 0 Å². The van der Waals surface area contributed by atoms with Crippen LogP contribution in [0.3, 0.4) is 0 Å². The van der Waals surface area contributed by atoms with Crippen LogP contribution in [-0.4, -0.2) is 36.5 Å². The summed E-state index contributed by atoms with van der Waals surface area (Å²) < 4.78 is 39.6. The van der Waals surface area contributed by atoms with Crippen molar-refractivity contribution in [1.29, 1.82) is 0 Å². The van der Waals surface area contributed by atoms with E-state index < -0.39 is 28.0 Å². The van der Waals surface area contributed by atoms with Gasteiger partial charge in [0.05, 0.1) is 17.2 Å². The molecule has 0 spiro atoms. The first kappa shape index (κ1) is 15.7. The van der Waals surface area contributed by atoms with Gasteiger partial charge in [0.25, 0.3) is 0 Å². The SMILES string of the molecule is CC(O)C1CCCCN1S(=O)(=O)c1ccc(F)cc1Cl. The van der Waals surface area contributed by atoms with Crippen LogP contribution in [0.2, 0.25) is 5.02 Å². The van der Waals surface area contributed by atoms with Gasteiger partial charge in [-0.15, -0.1) is 0 Å². The lowest BCUT2D eigenvalue weighted by atomic mass is 10.0. The number of hydrogen-bond donors (Lipinski definition) is 1. The molecule has 2 atom stereocenters. The van der Waals surface area contributed by atoms with Gasteiger partial charge in [-0.2, -0.15) is 4.31 Å². The minimum absolute atomic E-state index is 0.117. The highest BCUT2D eigenvalue weighted by atomic mass is 35.5. The first-order valence-corrected chi connectivity index (χ1v) is 8.31. The largest absolute Gasteiger partial charge is 0.392 e. The standard InChI is InChI=1S/C13H17ClFNO3S/c1-9(17)12-4-2-3-7-16(12)20(18,19)13-6-5-10(15)8-11(13)14/h5-6,8-9,12,17H,2-4,7H2,1H3. The fourth-order valence-corrected chi connectivity index (χ4v) is 4.79. The van der Waals surface area contributed by atoms with E-state index in [-0.39, 0.29) is 9.92 Å².